The molecule has 0 bridgehead atoms. The predicted octanol–water partition coefficient (Wildman–Crippen LogP) is 10.5. The molecule has 264 valence electrons. The van der Waals surface area contributed by atoms with E-state index in [1.54, 1.807) is 0 Å². The maximum Gasteiger partial charge on any atom is 0.305 e. The first-order valence-corrected chi connectivity index (χ1v) is 19.0. The molecule has 0 aromatic carbocycles. The molecule has 0 saturated carbocycles. The van der Waals surface area contributed by atoms with Gasteiger partial charge in [0.05, 0.1) is 25.4 Å². The summed E-state index contributed by atoms with van der Waals surface area (Å²) < 4.78 is 10.5. The Kier molecular flexibility index (Phi) is 33.9. The summed E-state index contributed by atoms with van der Waals surface area (Å²) in [5, 5.41) is 20.0. The minimum Gasteiger partial charge on any atom is -0.466 e. The molecule has 2 atom stereocenters. The van der Waals surface area contributed by atoms with Gasteiger partial charge in [-0.05, 0) is 64.2 Å². The van der Waals surface area contributed by atoms with Crippen molar-refractivity contribution in [3.05, 3.63) is 24.3 Å². The van der Waals surface area contributed by atoms with E-state index in [-0.39, 0.29) is 24.1 Å². The molecule has 0 aromatic rings. The zero-order chi connectivity index (χ0) is 33.1. The van der Waals surface area contributed by atoms with E-state index >= 15 is 0 Å². The van der Waals surface area contributed by atoms with E-state index in [0.717, 1.165) is 116 Å². The normalized spacial score (nSPS) is 13.1. The van der Waals surface area contributed by atoms with Crippen LogP contribution in [-0.2, 0) is 19.1 Å². The van der Waals surface area contributed by atoms with Crippen LogP contribution in [0.15, 0.2) is 24.3 Å². The van der Waals surface area contributed by atoms with Gasteiger partial charge in [0.15, 0.2) is 0 Å². The summed E-state index contributed by atoms with van der Waals surface area (Å²) in [6, 6.07) is 0. The largest absolute Gasteiger partial charge is 0.466 e. The van der Waals surface area contributed by atoms with Gasteiger partial charge < -0.3 is 19.7 Å². The number of aliphatic hydroxyl groups is 2. The monoisotopic (exact) mass is 637 g/mol. The number of rotatable bonds is 34. The van der Waals surface area contributed by atoms with Gasteiger partial charge in [0.25, 0.3) is 0 Å². The summed E-state index contributed by atoms with van der Waals surface area (Å²) in [6.07, 6.45) is 35.5. The second kappa shape index (κ2) is 35.2. The maximum atomic E-state index is 11.9. The Balaban J connectivity index is 3.43. The van der Waals surface area contributed by atoms with Crippen molar-refractivity contribution in [1.82, 2.24) is 0 Å². The Hall–Kier alpha value is -1.66. The van der Waals surface area contributed by atoms with Crippen molar-refractivity contribution in [1.29, 1.82) is 0 Å². The van der Waals surface area contributed by atoms with Crippen molar-refractivity contribution in [2.24, 2.45) is 0 Å². The SMILES string of the molecule is CCCCCCC(O)C/C=C\CCCCCCCC(=O)OCCCOC(=O)CCCCCCC/C=C\CC(O)CCCCCC. The summed E-state index contributed by atoms with van der Waals surface area (Å²) in [6.45, 7) is 5.02. The molecule has 0 aromatic heterocycles. The summed E-state index contributed by atoms with van der Waals surface area (Å²) in [5.74, 6) is -0.327. The second-order valence-corrected chi connectivity index (χ2v) is 12.8. The van der Waals surface area contributed by atoms with Gasteiger partial charge in [0.1, 0.15) is 0 Å². The lowest BCUT2D eigenvalue weighted by Crippen LogP contribution is -2.10. The molecule has 0 aliphatic carbocycles. The lowest BCUT2D eigenvalue weighted by atomic mass is 10.1. The fourth-order valence-corrected chi connectivity index (χ4v) is 5.29. The van der Waals surface area contributed by atoms with Crippen molar-refractivity contribution in [2.75, 3.05) is 13.2 Å². The predicted molar refractivity (Wildman–Crippen MR) is 188 cm³/mol. The summed E-state index contributed by atoms with van der Waals surface area (Å²) in [4.78, 5) is 23.8. The zero-order valence-electron chi connectivity index (χ0n) is 29.5. The second-order valence-electron chi connectivity index (χ2n) is 12.8. The highest BCUT2D eigenvalue weighted by Crippen LogP contribution is 2.12. The van der Waals surface area contributed by atoms with Crippen LogP contribution in [0.3, 0.4) is 0 Å². The Morgan fingerprint density at radius 1 is 0.489 bits per heavy atom. The van der Waals surface area contributed by atoms with Crippen molar-refractivity contribution < 1.29 is 29.3 Å². The molecule has 0 rings (SSSR count). The number of hydrogen-bond donors (Lipinski definition) is 2. The van der Waals surface area contributed by atoms with Gasteiger partial charge in [0, 0.05) is 19.3 Å². The number of esters is 2. The first-order valence-electron chi connectivity index (χ1n) is 19.0. The van der Waals surface area contributed by atoms with Crippen molar-refractivity contribution in [3.8, 4) is 0 Å². The molecule has 45 heavy (non-hydrogen) atoms. The number of aliphatic hydroxyl groups excluding tert-OH is 2. The van der Waals surface area contributed by atoms with Gasteiger partial charge in [-0.15, -0.1) is 0 Å². The van der Waals surface area contributed by atoms with E-state index in [9.17, 15) is 19.8 Å². The Morgan fingerprint density at radius 3 is 1.29 bits per heavy atom. The van der Waals surface area contributed by atoms with Gasteiger partial charge in [0.2, 0.25) is 0 Å². The Bertz CT molecular complexity index is 646. The number of allylic oxidation sites excluding steroid dienone is 2. The highest BCUT2D eigenvalue weighted by atomic mass is 16.5. The molecule has 0 saturated heterocycles. The van der Waals surface area contributed by atoms with Crippen molar-refractivity contribution in [2.45, 2.75) is 199 Å². The smallest absolute Gasteiger partial charge is 0.305 e. The topological polar surface area (TPSA) is 93.1 Å². The molecular formula is C39H72O6. The van der Waals surface area contributed by atoms with E-state index in [1.807, 2.05) is 0 Å². The standard InChI is InChI=1S/C39H72O6/c1-3-5-7-21-28-36(40)30-23-17-13-9-11-15-19-25-32-38(42)44-34-27-35-45-39(43)33-26-20-16-12-10-14-18-24-31-37(41)29-22-8-6-4-2/h17-18,23-24,36-37,40-41H,3-16,19-22,25-35H2,1-2H3/b23-17-,24-18-. The van der Waals surface area contributed by atoms with Crippen LogP contribution < -0.4 is 0 Å². The van der Waals surface area contributed by atoms with E-state index < -0.39 is 0 Å². The number of hydrogen-bond acceptors (Lipinski definition) is 6. The zero-order valence-corrected chi connectivity index (χ0v) is 29.5. The number of carbonyl (C=O) groups is 2. The molecule has 6 heteroatoms. The maximum absolute atomic E-state index is 11.9. The molecular weight excluding hydrogens is 564 g/mol. The third-order valence-electron chi connectivity index (χ3n) is 8.25. The van der Waals surface area contributed by atoms with E-state index in [2.05, 4.69) is 38.2 Å². The van der Waals surface area contributed by atoms with E-state index in [4.69, 9.17) is 9.47 Å². The van der Waals surface area contributed by atoms with Gasteiger partial charge in [-0.25, -0.2) is 0 Å². The number of ether oxygens (including phenoxy) is 2. The molecule has 0 heterocycles. The molecule has 0 spiro atoms. The third-order valence-corrected chi connectivity index (χ3v) is 8.25. The molecule has 0 radical (unpaired) electrons. The summed E-state index contributed by atoms with van der Waals surface area (Å²) in [7, 11) is 0. The molecule has 0 amide bonds. The molecule has 6 nitrogen and oxygen atoms in total. The number of unbranched alkanes of at least 4 members (excludes halogenated alkanes) is 16. The fourth-order valence-electron chi connectivity index (χ4n) is 5.29. The highest BCUT2D eigenvalue weighted by Gasteiger charge is 2.06. The van der Waals surface area contributed by atoms with Crippen LogP contribution in [-0.4, -0.2) is 47.6 Å². The Labute approximate surface area is 277 Å². The molecule has 0 aliphatic heterocycles. The van der Waals surface area contributed by atoms with Gasteiger partial charge >= 0.3 is 11.9 Å². The van der Waals surface area contributed by atoms with Crippen LogP contribution >= 0.6 is 0 Å². The minimum absolute atomic E-state index is 0.164. The van der Waals surface area contributed by atoms with Gasteiger partial charge in [-0.1, -0.05) is 128 Å². The van der Waals surface area contributed by atoms with E-state index in [1.165, 1.54) is 38.5 Å². The van der Waals surface area contributed by atoms with Crippen LogP contribution in [0.4, 0.5) is 0 Å². The minimum atomic E-state index is -0.195. The highest BCUT2D eigenvalue weighted by molar-refractivity contribution is 5.69. The molecule has 0 fully saturated rings. The fraction of sp³-hybridized carbons (Fsp3) is 0.846. The number of carbonyl (C=O) groups excluding carboxylic acids is 2. The average Bonchev–Trinajstić information content (AvgIpc) is 3.03. The third kappa shape index (κ3) is 35.0. The molecule has 2 unspecified atom stereocenters. The lowest BCUT2D eigenvalue weighted by Gasteiger charge is -2.07. The van der Waals surface area contributed by atoms with Crippen LogP contribution in [0, 0.1) is 0 Å². The Morgan fingerprint density at radius 2 is 0.867 bits per heavy atom. The first-order chi connectivity index (χ1) is 22.0. The molecule has 2 N–H and O–H groups in total. The van der Waals surface area contributed by atoms with Crippen molar-refractivity contribution in [3.63, 3.8) is 0 Å². The quantitative estimate of drug-likeness (QED) is 0.0415. The van der Waals surface area contributed by atoms with E-state index in [0.29, 0.717) is 32.5 Å². The van der Waals surface area contributed by atoms with Gasteiger partial charge in [-0.3, -0.25) is 9.59 Å². The van der Waals surface area contributed by atoms with Crippen LogP contribution in [0.5, 0.6) is 0 Å². The first kappa shape index (κ1) is 43.3. The van der Waals surface area contributed by atoms with Crippen LogP contribution in [0.2, 0.25) is 0 Å². The van der Waals surface area contributed by atoms with Crippen molar-refractivity contribution >= 4 is 11.9 Å². The van der Waals surface area contributed by atoms with Crippen LogP contribution in [0.1, 0.15) is 187 Å². The average molecular weight is 637 g/mol. The van der Waals surface area contributed by atoms with Gasteiger partial charge in [-0.2, -0.15) is 0 Å². The molecule has 0 aliphatic rings. The summed E-state index contributed by atoms with van der Waals surface area (Å²) >= 11 is 0. The lowest BCUT2D eigenvalue weighted by molar-refractivity contribution is -0.146. The van der Waals surface area contributed by atoms with Crippen LogP contribution in [0.25, 0.3) is 0 Å². The summed E-state index contributed by atoms with van der Waals surface area (Å²) in [5.41, 5.74) is 0.